The molecule has 120 valence electrons. The molecule has 0 aliphatic heterocycles. The van der Waals surface area contributed by atoms with Crippen LogP contribution in [0.5, 0.6) is 5.75 Å². The van der Waals surface area contributed by atoms with Crippen LogP contribution in [0.4, 0.5) is 0 Å². The van der Waals surface area contributed by atoms with Gasteiger partial charge < -0.3 is 26.4 Å². The lowest BCUT2D eigenvalue weighted by molar-refractivity contribution is -0.144. The first-order valence-electron chi connectivity index (χ1n) is 6.50. The number of carbonyl (C=O) groups is 3. The van der Waals surface area contributed by atoms with Gasteiger partial charge in [0, 0.05) is 0 Å². The number of nitrogens with two attached hydrogens (primary N) is 1. The maximum atomic E-state index is 11.9. The van der Waals surface area contributed by atoms with Gasteiger partial charge in [0.15, 0.2) is 12.3 Å². The molecule has 0 radical (unpaired) electrons. The number of phenolic OH excluding ortho intramolecular Hbond substituents is 1. The molecule has 3 atom stereocenters. The van der Waals surface area contributed by atoms with E-state index in [4.69, 9.17) is 10.8 Å². The fourth-order valence-electron chi connectivity index (χ4n) is 1.82. The van der Waals surface area contributed by atoms with Gasteiger partial charge in [0.05, 0.1) is 17.7 Å². The highest BCUT2D eigenvalue weighted by Crippen LogP contribution is 2.17. The molecule has 0 aliphatic rings. The number of phenols is 1. The van der Waals surface area contributed by atoms with Gasteiger partial charge in [-0.15, -0.1) is 0 Å². The molecule has 22 heavy (non-hydrogen) atoms. The van der Waals surface area contributed by atoms with Crippen molar-refractivity contribution in [2.75, 3.05) is 0 Å². The van der Waals surface area contributed by atoms with Crippen LogP contribution in [-0.4, -0.2) is 51.7 Å². The van der Waals surface area contributed by atoms with E-state index in [9.17, 15) is 24.6 Å². The van der Waals surface area contributed by atoms with Crippen molar-refractivity contribution in [3.05, 3.63) is 29.3 Å². The Morgan fingerprint density at radius 2 is 2.05 bits per heavy atom. The van der Waals surface area contributed by atoms with E-state index in [2.05, 4.69) is 5.32 Å². The van der Waals surface area contributed by atoms with Crippen LogP contribution in [0.25, 0.3) is 0 Å². The number of benzene rings is 1. The molecule has 0 aliphatic carbocycles. The first-order chi connectivity index (χ1) is 10.3. The average molecular weight is 310 g/mol. The Bertz CT molecular complexity index is 572. The minimum absolute atomic E-state index is 0.0408. The third-order valence-electron chi connectivity index (χ3n) is 3.06. The van der Waals surface area contributed by atoms with E-state index in [1.807, 2.05) is 0 Å². The van der Waals surface area contributed by atoms with Crippen LogP contribution in [0.3, 0.4) is 0 Å². The van der Waals surface area contributed by atoms with Crippen molar-refractivity contribution >= 4 is 18.2 Å². The largest absolute Gasteiger partial charge is 0.507 e. The van der Waals surface area contributed by atoms with Crippen LogP contribution in [0.15, 0.2) is 18.2 Å². The number of aliphatic carboxylic acids is 1. The van der Waals surface area contributed by atoms with E-state index in [-0.39, 0.29) is 17.7 Å². The number of nitrogens with one attached hydrogen (secondary N) is 1. The van der Waals surface area contributed by atoms with Gasteiger partial charge in [-0.1, -0.05) is 6.07 Å². The van der Waals surface area contributed by atoms with E-state index in [1.54, 1.807) is 0 Å². The number of carbonyl (C=O) groups excluding carboxylic acids is 2. The van der Waals surface area contributed by atoms with Gasteiger partial charge in [-0.3, -0.25) is 9.59 Å². The first kappa shape index (κ1) is 17.6. The first-order valence-corrected chi connectivity index (χ1v) is 6.50. The third-order valence-corrected chi connectivity index (χ3v) is 3.06. The fourth-order valence-corrected chi connectivity index (χ4v) is 1.82. The summed E-state index contributed by atoms with van der Waals surface area (Å²) in [5.41, 5.74) is 6.29. The van der Waals surface area contributed by atoms with Crippen LogP contribution in [-0.2, 0) is 16.0 Å². The Hall–Kier alpha value is -2.45. The van der Waals surface area contributed by atoms with Gasteiger partial charge in [-0.2, -0.15) is 0 Å². The molecule has 0 saturated heterocycles. The average Bonchev–Trinajstić information content (AvgIpc) is 2.45. The topological polar surface area (TPSA) is 150 Å². The van der Waals surface area contributed by atoms with Gasteiger partial charge in [-0.25, -0.2) is 4.79 Å². The van der Waals surface area contributed by atoms with Crippen molar-refractivity contribution in [1.29, 1.82) is 0 Å². The van der Waals surface area contributed by atoms with Crippen molar-refractivity contribution < 1.29 is 29.7 Å². The van der Waals surface area contributed by atoms with Gasteiger partial charge in [0.2, 0.25) is 5.91 Å². The molecule has 0 heterocycles. The fraction of sp³-hybridized carbons (Fsp3) is 0.357. The second-order valence-corrected chi connectivity index (χ2v) is 4.89. The SMILES string of the molecule is C[C@@H](O)[C@H](NC(=O)[C@@H](N)Cc1ccc(O)c(C=O)c1)C(=O)O. The van der Waals surface area contributed by atoms with E-state index < -0.39 is 30.1 Å². The minimum atomic E-state index is -1.45. The molecule has 1 rings (SSSR count). The highest BCUT2D eigenvalue weighted by atomic mass is 16.4. The zero-order chi connectivity index (χ0) is 16.9. The summed E-state index contributed by atoms with van der Waals surface area (Å²) < 4.78 is 0. The minimum Gasteiger partial charge on any atom is -0.507 e. The molecule has 0 aromatic heterocycles. The van der Waals surface area contributed by atoms with Gasteiger partial charge in [0.25, 0.3) is 0 Å². The summed E-state index contributed by atoms with van der Waals surface area (Å²) in [6, 6.07) is 1.67. The highest BCUT2D eigenvalue weighted by molar-refractivity contribution is 5.87. The molecule has 8 nitrogen and oxygen atoms in total. The predicted octanol–water partition coefficient (Wildman–Crippen LogP) is -0.975. The van der Waals surface area contributed by atoms with Crippen LogP contribution >= 0.6 is 0 Å². The molecule has 0 spiro atoms. The number of carboxylic acid groups (broad SMARTS) is 1. The van der Waals surface area contributed by atoms with E-state index in [0.717, 1.165) is 0 Å². The molecule has 6 N–H and O–H groups in total. The number of amides is 1. The molecule has 0 fully saturated rings. The summed E-state index contributed by atoms with van der Waals surface area (Å²) in [6.45, 7) is 1.24. The molecule has 1 amide bonds. The number of aromatic hydroxyl groups is 1. The molecule has 1 aromatic carbocycles. The predicted molar refractivity (Wildman–Crippen MR) is 76.4 cm³/mol. The Balaban J connectivity index is 2.75. The molecule has 1 aromatic rings. The summed E-state index contributed by atoms with van der Waals surface area (Å²) in [7, 11) is 0. The quantitative estimate of drug-likeness (QED) is 0.406. The number of aldehydes is 1. The lowest BCUT2D eigenvalue weighted by Crippen LogP contribution is -2.53. The maximum absolute atomic E-state index is 11.9. The Morgan fingerprint density at radius 1 is 1.41 bits per heavy atom. The summed E-state index contributed by atoms with van der Waals surface area (Å²) in [4.78, 5) is 33.5. The van der Waals surface area contributed by atoms with Gasteiger partial charge in [-0.05, 0) is 31.0 Å². The zero-order valence-electron chi connectivity index (χ0n) is 11.9. The van der Waals surface area contributed by atoms with Crippen LogP contribution in [0, 0.1) is 0 Å². The number of aliphatic hydroxyl groups excluding tert-OH is 1. The van der Waals surface area contributed by atoms with E-state index in [1.165, 1.54) is 25.1 Å². The smallest absolute Gasteiger partial charge is 0.328 e. The molecular weight excluding hydrogens is 292 g/mol. The number of rotatable bonds is 7. The lowest BCUT2D eigenvalue weighted by Gasteiger charge is -2.19. The van der Waals surface area contributed by atoms with Crippen molar-refractivity contribution in [2.24, 2.45) is 5.73 Å². The van der Waals surface area contributed by atoms with Crippen LogP contribution in [0.2, 0.25) is 0 Å². The summed E-state index contributed by atoms with van der Waals surface area (Å²) in [5.74, 6) is -2.30. The number of carboxylic acids is 1. The van der Waals surface area contributed by atoms with Crippen LogP contribution in [0.1, 0.15) is 22.8 Å². The van der Waals surface area contributed by atoms with Gasteiger partial charge in [0.1, 0.15) is 5.75 Å². The molecule has 8 heteroatoms. The second kappa shape index (κ2) is 7.53. The summed E-state index contributed by atoms with van der Waals surface area (Å²) >= 11 is 0. The summed E-state index contributed by atoms with van der Waals surface area (Å²) in [5, 5.41) is 29.7. The number of hydrogen-bond donors (Lipinski definition) is 5. The Labute approximate surface area is 126 Å². The van der Waals surface area contributed by atoms with Gasteiger partial charge >= 0.3 is 5.97 Å². The zero-order valence-corrected chi connectivity index (χ0v) is 11.9. The van der Waals surface area contributed by atoms with E-state index in [0.29, 0.717) is 11.8 Å². The normalized spacial score (nSPS) is 14.7. The summed E-state index contributed by atoms with van der Waals surface area (Å²) in [6.07, 6.45) is -0.763. The molecular formula is C14H18N2O6. The number of hydrogen-bond acceptors (Lipinski definition) is 6. The lowest BCUT2D eigenvalue weighted by atomic mass is 10.0. The van der Waals surface area contributed by atoms with E-state index >= 15 is 0 Å². The van der Waals surface area contributed by atoms with Crippen LogP contribution < -0.4 is 11.1 Å². The molecule has 0 bridgehead atoms. The monoisotopic (exact) mass is 310 g/mol. The van der Waals surface area contributed by atoms with Crippen molar-refractivity contribution in [1.82, 2.24) is 5.32 Å². The standard InChI is InChI=1S/C14H18N2O6/c1-7(18)12(14(21)22)16-13(20)10(15)5-8-2-3-11(19)9(4-8)6-17/h2-4,6-7,10,12,18-19H,5,15H2,1H3,(H,16,20)(H,21,22)/t7-,10+,12+/m1/s1. The number of aliphatic hydroxyl groups is 1. The second-order valence-electron chi connectivity index (χ2n) is 4.89. The Morgan fingerprint density at radius 3 is 2.55 bits per heavy atom. The third kappa shape index (κ3) is 4.54. The van der Waals surface area contributed by atoms with Crippen molar-refractivity contribution in [3.8, 4) is 5.75 Å². The van der Waals surface area contributed by atoms with Crippen molar-refractivity contribution in [2.45, 2.75) is 31.5 Å². The van der Waals surface area contributed by atoms with Crippen molar-refractivity contribution in [3.63, 3.8) is 0 Å². The molecule has 0 unspecified atom stereocenters. The highest BCUT2D eigenvalue weighted by Gasteiger charge is 2.27. The Kier molecular flexibility index (Phi) is 6.02. The maximum Gasteiger partial charge on any atom is 0.328 e. The molecule has 0 saturated carbocycles.